The van der Waals surface area contributed by atoms with Gasteiger partial charge in [0.2, 0.25) is 0 Å². The van der Waals surface area contributed by atoms with Crippen LogP contribution in [-0.2, 0) is 4.57 Å². The molecule has 1 rings (SSSR count). The summed E-state index contributed by atoms with van der Waals surface area (Å²) in [7, 11) is -0.432. The van der Waals surface area contributed by atoms with Crippen molar-refractivity contribution in [3.63, 3.8) is 0 Å². The van der Waals surface area contributed by atoms with Crippen molar-refractivity contribution in [3.05, 3.63) is 0 Å². The first-order valence-electron chi connectivity index (χ1n) is 7.59. The molecule has 0 bridgehead atoms. The molecule has 1 aliphatic rings. The fraction of sp³-hybridized carbons (Fsp3) is 1.00. The Bertz CT molecular complexity index is 281. The van der Waals surface area contributed by atoms with Crippen LogP contribution in [0.1, 0.15) is 27.7 Å². The predicted molar refractivity (Wildman–Crippen MR) is 82.5 cm³/mol. The van der Waals surface area contributed by atoms with Crippen molar-refractivity contribution >= 4 is 7.59 Å². The molecule has 6 heteroatoms. The summed E-state index contributed by atoms with van der Waals surface area (Å²) in [6.45, 7) is 15.6. The van der Waals surface area contributed by atoms with Crippen LogP contribution in [0, 0.1) is 0 Å². The van der Waals surface area contributed by atoms with Crippen molar-refractivity contribution in [2.45, 2.75) is 27.7 Å². The van der Waals surface area contributed by atoms with Gasteiger partial charge in [0.15, 0.2) is 0 Å². The molecular formula is C13H31N4OP. The molecule has 19 heavy (non-hydrogen) atoms. The number of rotatable bonds is 7. The van der Waals surface area contributed by atoms with Gasteiger partial charge >= 0.3 is 0 Å². The molecule has 0 spiro atoms. The zero-order chi connectivity index (χ0) is 14.5. The average Bonchev–Trinajstić information content (AvgIpc) is 2.42. The van der Waals surface area contributed by atoms with Crippen molar-refractivity contribution in [2.75, 3.05) is 59.4 Å². The lowest BCUT2D eigenvalue weighted by atomic mass is 10.4. The topological polar surface area (TPSA) is 30.0 Å². The minimum atomic E-state index is -2.57. The van der Waals surface area contributed by atoms with E-state index >= 15 is 0 Å². The Morgan fingerprint density at radius 2 is 1.21 bits per heavy atom. The van der Waals surface area contributed by atoms with Gasteiger partial charge < -0.3 is 4.90 Å². The molecule has 0 aromatic heterocycles. The van der Waals surface area contributed by atoms with Crippen LogP contribution in [0.15, 0.2) is 0 Å². The lowest BCUT2D eigenvalue weighted by Crippen LogP contribution is -2.49. The highest BCUT2D eigenvalue weighted by Crippen LogP contribution is 2.56. The van der Waals surface area contributed by atoms with E-state index in [9.17, 15) is 4.57 Å². The second kappa shape index (κ2) is 7.75. The first kappa shape index (κ1) is 17.1. The number of likely N-dealkylation sites (N-methyl/N-ethyl adjacent to an activating group) is 1. The van der Waals surface area contributed by atoms with Crippen molar-refractivity contribution in [1.82, 2.24) is 18.9 Å². The minimum absolute atomic E-state index is 0.844. The summed E-state index contributed by atoms with van der Waals surface area (Å²) in [5, 5.41) is 0. The van der Waals surface area contributed by atoms with Gasteiger partial charge in [0.05, 0.1) is 0 Å². The summed E-state index contributed by atoms with van der Waals surface area (Å²) in [5.41, 5.74) is 0. The molecule has 114 valence electrons. The highest BCUT2D eigenvalue weighted by molar-refractivity contribution is 7.56. The van der Waals surface area contributed by atoms with Crippen LogP contribution in [0.25, 0.3) is 0 Å². The number of hydrogen-bond acceptors (Lipinski definition) is 2. The van der Waals surface area contributed by atoms with Gasteiger partial charge in [-0.3, -0.25) is 4.57 Å². The van der Waals surface area contributed by atoms with Crippen LogP contribution in [0.4, 0.5) is 0 Å². The molecule has 0 N–H and O–H groups in total. The van der Waals surface area contributed by atoms with Crippen molar-refractivity contribution in [2.24, 2.45) is 0 Å². The highest BCUT2D eigenvalue weighted by Gasteiger charge is 2.41. The maximum atomic E-state index is 13.8. The number of nitrogens with zero attached hydrogens (tertiary/aromatic N) is 4. The largest absolute Gasteiger partial charge is 0.304 e. The van der Waals surface area contributed by atoms with Crippen molar-refractivity contribution < 1.29 is 4.57 Å². The second-order valence-corrected chi connectivity index (χ2v) is 7.77. The molecule has 1 saturated heterocycles. The maximum Gasteiger partial charge on any atom is 0.286 e. The fourth-order valence-corrected chi connectivity index (χ4v) is 6.02. The van der Waals surface area contributed by atoms with Crippen molar-refractivity contribution in [1.29, 1.82) is 0 Å². The van der Waals surface area contributed by atoms with Crippen LogP contribution in [0.2, 0.25) is 0 Å². The lowest BCUT2D eigenvalue weighted by molar-refractivity contribution is 0.192. The van der Waals surface area contributed by atoms with Gasteiger partial charge in [-0.25, -0.2) is 14.0 Å². The molecule has 0 aromatic carbocycles. The predicted octanol–water partition coefficient (Wildman–Crippen LogP) is 2.03. The normalized spacial score (nSPS) is 19.5. The number of piperazine rings is 1. The first-order valence-corrected chi connectivity index (χ1v) is 9.15. The van der Waals surface area contributed by atoms with Gasteiger partial charge in [0.25, 0.3) is 7.59 Å². The van der Waals surface area contributed by atoms with Crippen LogP contribution in [0.3, 0.4) is 0 Å². The lowest BCUT2D eigenvalue weighted by Gasteiger charge is -2.46. The molecule has 0 saturated carbocycles. The standard InChI is InChI=1S/C13H31N4OP/c1-6-15(7-2)19(18,16(8-3)9-4)17-12-10-14(5)11-13-17/h6-13H2,1-5H3. The zero-order valence-corrected chi connectivity index (χ0v) is 14.2. The van der Waals surface area contributed by atoms with Crippen molar-refractivity contribution in [3.8, 4) is 0 Å². The van der Waals surface area contributed by atoms with E-state index in [4.69, 9.17) is 0 Å². The molecule has 0 atom stereocenters. The monoisotopic (exact) mass is 290 g/mol. The van der Waals surface area contributed by atoms with Gasteiger partial charge in [-0.1, -0.05) is 27.7 Å². The van der Waals surface area contributed by atoms with Crippen LogP contribution in [-0.4, -0.2) is 78.3 Å². The second-order valence-electron chi connectivity index (χ2n) is 5.05. The summed E-state index contributed by atoms with van der Waals surface area (Å²) >= 11 is 0. The van der Waals surface area contributed by atoms with Crippen LogP contribution in [0.5, 0.6) is 0 Å². The van der Waals surface area contributed by atoms with Crippen LogP contribution < -0.4 is 0 Å². The van der Waals surface area contributed by atoms with Gasteiger partial charge in [-0.05, 0) is 7.05 Å². The summed E-state index contributed by atoms with van der Waals surface area (Å²) < 4.78 is 20.3. The molecule has 1 heterocycles. The Morgan fingerprint density at radius 1 is 0.842 bits per heavy atom. The average molecular weight is 290 g/mol. The third kappa shape index (κ3) is 3.59. The summed E-state index contributed by atoms with van der Waals surface area (Å²) in [6, 6.07) is 0. The van der Waals surface area contributed by atoms with E-state index in [1.54, 1.807) is 0 Å². The molecule has 0 unspecified atom stereocenters. The van der Waals surface area contributed by atoms with Gasteiger partial charge in [-0.15, -0.1) is 0 Å². The van der Waals surface area contributed by atoms with E-state index in [2.05, 4.69) is 53.7 Å². The van der Waals surface area contributed by atoms with E-state index in [-0.39, 0.29) is 0 Å². The third-order valence-corrected chi connectivity index (χ3v) is 7.79. The van der Waals surface area contributed by atoms with E-state index in [0.717, 1.165) is 52.4 Å². The fourth-order valence-electron chi connectivity index (χ4n) is 2.78. The molecule has 0 amide bonds. The highest BCUT2D eigenvalue weighted by atomic mass is 31.2. The third-order valence-electron chi connectivity index (χ3n) is 4.05. The zero-order valence-electron chi connectivity index (χ0n) is 13.3. The first-order chi connectivity index (χ1) is 9.04. The van der Waals surface area contributed by atoms with E-state index in [1.807, 2.05) is 0 Å². The Hall–Kier alpha value is 0.0700. The smallest absolute Gasteiger partial charge is 0.286 e. The van der Waals surface area contributed by atoms with E-state index < -0.39 is 7.59 Å². The summed E-state index contributed by atoms with van der Waals surface area (Å²) in [4.78, 5) is 2.31. The molecule has 5 nitrogen and oxygen atoms in total. The Balaban J connectivity index is 3.00. The maximum absolute atomic E-state index is 13.8. The van der Waals surface area contributed by atoms with Crippen LogP contribution >= 0.6 is 7.59 Å². The Labute approximate surface area is 119 Å². The molecule has 1 fully saturated rings. The quantitative estimate of drug-likeness (QED) is 0.669. The molecule has 0 aliphatic carbocycles. The van der Waals surface area contributed by atoms with E-state index in [1.165, 1.54) is 0 Å². The summed E-state index contributed by atoms with van der Waals surface area (Å²) in [6.07, 6.45) is 0. The molecule has 0 radical (unpaired) electrons. The minimum Gasteiger partial charge on any atom is -0.304 e. The Morgan fingerprint density at radius 3 is 1.53 bits per heavy atom. The van der Waals surface area contributed by atoms with Gasteiger partial charge in [0.1, 0.15) is 0 Å². The van der Waals surface area contributed by atoms with E-state index in [0.29, 0.717) is 0 Å². The number of hydrogen-bond donors (Lipinski definition) is 0. The SMILES string of the molecule is CCN(CC)P(=O)(N(CC)CC)N1CCN(C)CC1. The summed E-state index contributed by atoms with van der Waals surface area (Å²) in [5.74, 6) is 0. The Kier molecular flexibility index (Phi) is 6.98. The van der Waals surface area contributed by atoms with Gasteiger partial charge in [0, 0.05) is 52.4 Å². The molecular weight excluding hydrogens is 259 g/mol. The van der Waals surface area contributed by atoms with Gasteiger partial charge in [-0.2, -0.15) is 0 Å². The molecule has 0 aromatic rings. The molecule has 1 aliphatic heterocycles.